The van der Waals surface area contributed by atoms with Gasteiger partial charge in [-0.1, -0.05) is 0 Å². The highest BCUT2D eigenvalue weighted by Gasteiger charge is 2.20. The van der Waals surface area contributed by atoms with Gasteiger partial charge in [-0.15, -0.1) is 0 Å². The average molecular weight is 394 g/mol. The van der Waals surface area contributed by atoms with Crippen LogP contribution in [0.5, 0.6) is 5.75 Å². The summed E-state index contributed by atoms with van der Waals surface area (Å²) >= 11 is 0. The number of nitriles is 1. The van der Waals surface area contributed by atoms with Crippen molar-refractivity contribution < 1.29 is 9.13 Å². The van der Waals surface area contributed by atoms with Crippen LogP contribution in [-0.2, 0) is 0 Å². The second kappa shape index (κ2) is 8.12. The zero-order valence-corrected chi connectivity index (χ0v) is 15.7. The summed E-state index contributed by atoms with van der Waals surface area (Å²) in [5.41, 5.74) is 1.78. The van der Waals surface area contributed by atoms with Crippen LogP contribution in [0.1, 0.15) is 5.69 Å². The Morgan fingerprint density at radius 1 is 1.17 bits per heavy atom. The lowest BCUT2D eigenvalue weighted by molar-refractivity contribution is 0.413. The summed E-state index contributed by atoms with van der Waals surface area (Å²) < 4.78 is 20.5. The average Bonchev–Trinajstić information content (AvgIpc) is 3.22. The minimum absolute atomic E-state index is 0.217. The molecule has 3 aromatic rings. The summed E-state index contributed by atoms with van der Waals surface area (Å²) in [6, 6.07) is 6.92. The van der Waals surface area contributed by atoms with E-state index in [2.05, 4.69) is 35.7 Å². The highest BCUT2D eigenvalue weighted by atomic mass is 19.1. The molecule has 2 aromatic heterocycles. The summed E-state index contributed by atoms with van der Waals surface area (Å²) in [4.78, 5) is 10.1. The van der Waals surface area contributed by atoms with Crippen molar-refractivity contribution in [1.82, 2.24) is 25.5 Å². The van der Waals surface area contributed by atoms with Gasteiger partial charge in [-0.2, -0.15) is 10.4 Å². The van der Waals surface area contributed by atoms with Crippen LogP contribution in [0.4, 0.5) is 21.7 Å². The lowest BCUT2D eigenvalue weighted by Crippen LogP contribution is -2.43. The van der Waals surface area contributed by atoms with E-state index in [1.807, 2.05) is 12.1 Å². The molecule has 0 amide bonds. The van der Waals surface area contributed by atoms with E-state index in [0.29, 0.717) is 28.6 Å². The van der Waals surface area contributed by atoms with Gasteiger partial charge in [0.15, 0.2) is 11.5 Å². The summed E-state index contributed by atoms with van der Waals surface area (Å²) in [5, 5.41) is 22.0. The predicted molar refractivity (Wildman–Crippen MR) is 106 cm³/mol. The van der Waals surface area contributed by atoms with Crippen molar-refractivity contribution in [3.05, 3.63) is 42.1 Å². The highest BCUT2D eigenvalue weighted by molar-refractivity contribution is 5.74. The lowest BCUT2D eigenvalue weighted by atomic mass is 10.1. The number of piperazine rings is 1. The van der Waals surface area contributed by atoms with Gasteiger partial charge in [0.2, 0.25) is 0 Å². The van der Waals surface area contributed by atoms with Crippen molar-refractivity contribution in [2.75, 3.05) is 43.5 Å². The van der Waals surface area contributed by atoms with Gasteiger partial charge in [0, 0.05) is 44.0 Å². The van der Waals surface area contributed by atoms with E-state index >= 15 is 4.39 Å². The molecule has 1 fully saturated rings. The number of hydrogen-bond donors (Lipinski definition) is 3. The maximum atomic E-state index is 15.0. The largest absolute Gasteiger partial charge is 0.496 e. The molecule has 9 nitrogen and oxygen atoms in total. The summed E-state index contributed by atoms with van der Waals surface area (Å²) in [5.74, 6) is 0.883. The topological polar surface area (TPSA) is 115 Å². The van der Waals surface area contributed by atoms with E-state index in [1.165, 1.54) is 25.6 Å². The molecule has 1 aromatic carbocycles. The molecular formula is C19H19FN8O. The molecule has 29 heavy (non-hydrogen) atoms. The molecule has 0 bridgehead atoms. The van der Waals surface area contributed by atoms with E-state index in [4.69, 9.17) is 10.00 Å². The Kier molecular flexibility index (Phi) is 5.22. The number of aromatic amines is 1. The van der Waals surface area contributed by atoms with Crippen molar-refractivity contribution in [3.63, 3.8) is 0 Å². The maximum absolute atomic E-state index is 15.0. The number of nitrogens with zero attached hydrogens (tertiary/aromatic N) is 5. The molecule has 1 aliphatic rings. The number of halogens is 1. The van der Waals surface area contributed by atoms with Gasteiger partial charge >= 0.3 is 0 Å². The Hall–Kier alpha value is -3.71. The van der Waals surface area contributed by atoms with Crippen LogP contribution >= 0.6 is 0 Å². The fourth-order valence-electron chi connectivity index (χ4n) is 3.19. The molecule has 0 atom stereocenters. The number of benzene rings is 1. The highest BCUT2D eigenvalue weighted by Crippen LogP contribution is 2.36. The number of anilines is 3. The second-order valence-corrected chi connectivity index (χ2v) is 6.43. The van der Waals surface area contributed by atoms with Crippen LogP contribution in [0.3, 0.4) is 0 Å². The van der Waals surface area contributed by atoms with Crippen LogP contribution in [0.15, 0.2) is 30.6 Å². The van der Waals surface area contributed by atoms with E-state index in [1.54, 1.807) is 6.07 Å². The van der Waals surface area contributed by atoms with E-state index in [0.717, 1.165) is 31.9 Å². The van der Waals surface area contributed by atoms with Crippen LogP contribution < -0.4 is 20.3 Å². The fraction of sp³-hybridized carbons (Fsp3) is 0.263. The lowest BCUT2D eigenvalue weighted by Gasteiger charge is -2.30. The minimum Gasteiger partial charge on any atom is -0.496 e. The maximum Gasteiger partial charge on any atom is 0.158 e. The van der Waals surface area contributed by atoms with Crippen LogP contribution in [-0.4, -0.2) is 53.5 Å². The predicted octanol–water partition coefficient (Wildman–Crippen LogP) is 2.04. The molecule has 0 aliphatic carbocycles. The third kappa shape index (κ3) is 3.95. The molecule has 0 spiro atoms. The SMILES string of the molecule is COc1cc(N2CCNCC2)cc(F)c1-c1cc(Nc2cnc(C#N)cn2)n[nH]1. The molecule has 10 heteroatoms. The number of aromatic nitrogens is 4. The van der Waals surface area contributed by atoms with Crippen molar-refractivity contribution in [2.24, 2.45) is 0 Å². The van der Waals surface area contributed by atoms with Crippen LogP contribution in [0.25, 0.3) is 11.3 Å². The molecule has 3 N–H and O–H groups in total. The van der Waals surface area contributed by atoms with Crippen molar-refractivity contribution in [3.8, 4) is 23.1 Å². The van der Waals surface area contributed by atoms with E-state index in [9.17, 15) is 0 Å². The molecule has 0 saturated carbocycles. The van der Waals surface area contributed by atoms with Crippen molar-refractivity contribution >= 4 is 17.3 Å². The zero-order chi connectivity index (χ0) is 20.2. The monoisotopic (exact) mass is 394 g/mol. The van der Waals surface area contributed by atoms with Crippen molar-refractivity contribution in [1.29, 1.82) is 5.26 Å². The first kappa shape index (κ1) is 18.6. The smallest absolute Gasteiger partial charge is 0.158 e. The molecule has 0 radical (unpaired) electrons. The van der Waals surface area contributed by atoms with Gasteiger partial charge in [0.1, 0.15) is 23.5 Å². The fourth-order valence-corrected chi connectivity index (χ4v) is 3.19. The quantitative estimate of drug-likeness (QED) is 0.602. The Morgan fingerprint density at radius 2 is 2.00 bits per heavy atom. The number of ether oxygens (including phenoxy) is 1. The molecule has 1 aliphatic heterocycles. The van der Waals surface area contributed by atoms with Gasteiger partial charge in [-0.25, -0.2) is 14.4 Å². The normalized spacial score (nSPS) is 13.8. The Morgan fingerprint density at radius 3 is 2.69 bits per heavy atom. The van der Waals surface area contributed by atoms with Gasteiger partial charge in [0.25, 0.3) is 0 Å². The standard InChI is InChI=1S/C19H19FN8O/c1-29-16-7-13(28-4-2-22-3-5-28)6-14(20)19(16)15-8-17(27-26-15)25-18-11-23-12(9-21)10-24-18/h6-8,10-11,22H,2-5H2,1H3,(H2,24,25,26,27). The Balaban J connectivity index is 1.60. The molecule has 148 valence electrons. The summed E-state index contributed by atoms with van der Waals surface area (Å²) in [6.07, 6.45) is 2.78. The van der Waals surface area contributed by atoms with Crippen LogP contribution in [0.2, 0.25) is 0 Å². The number of hydrogen-bond acceptors (Lipinski definition) is 8. The number of H-pyrrole nitrogens is 1. The van der Waals surface area contributed by atoms with Crippen LogP contribution in [0, 0.1) is 17.1 Å². The number of methoxy groups -OCH3 is 1. The van der Waals surface area contributed by atoms with Gasteiger partial charge < -0.3 is 20.3 Å². The summed E-state index contributed by atoms with van der Waals surface area (Å²) in [7, 11) is 1.52. The Labute approximate surface area is 166 Å². The first-order chi connectivity index (χ1) is 14.2. The summed E-state index contributed by atoms with van der Waals surface area (Å²) in [6.45, 7) is 3.34. The third-order valence-corrected chi connectivity index (χ3v) is 4.61. The molecular weight excluding hydrogens is 375 g/mol. The zero-order valence-electron chi connectivity index (χ0n) is 15.7. The van der Waals surface area contributed by atoms with E-state index in [-0.39, 0.29) is 5.69 Å². The molecule has 1 saturated heterocycles. The minimum atomic E-state index is -0.397. The molecule has 3 heterocycles. The van der Waals surface area contributed by atoms with Gasteiger partial charge in [0.05, 0.1) is 30.8 Å². The van der Waals surface area contributed by atoms with Gasteiger partial charge in [-0.05, 0) is 6.07 Å². The number of nitrogens with one attached hydrogen (secondary N) is 3. The number of rotatable bonds is 5. The van der Waals surface area contributed by atoms with E-state index < -0.39 is 5.82 Å². The molecule has 4 rings (SSSR count). The first-order valence-electron chi connectivity index (χ1n) is 9.06. The molecule has 0 unspecified atom stereocenters. The first-order valence-corrected chi connectivity index (χ1v) is 9.06. The third-order valence-electron chi connectivity index (χ3n) is 4.61. The second-order valence-electron chi connectivity index (χ2n) is 6.43. The van der Waals surface area contributed by atoms with Gasteiger partial charge in [-0.3, -0.25) is 5.10 Å². The van der Waals surface area contributed by atoms with Crippen molar-refractivity contribution in [2.45, 2.75) is 0 Å². The Bertz CT molecular complexity index is 1040.